The van der Waals surface area contributed by atoms with Crippen molar-refractivity contribution in [2.45, 2.75) is 52.0 Å². The molecule has 2 N–H and O–H groups in total. The van der Waals surface area contributed by atoms with E-state index in [0.717, 1.165) is 18.2 Å². The first-order valence-electron chi connectivity index (χ1n) is 8.58. The smallest absolute Gasteiger partial charge is 0.109 e. The Morgan fingerprint density at radius 3 is 2.32 bits per heavy atom. The third kappa shape index (κ3) is 5.34. The summed E-state index contributed by atoms with van der Waals surface area (Å²) in [6.45, 7) is 8.01. The summed E-state index contributed by atoms with van der Waals surface area (Å²) in [5, 5.41) is 2.45. The number of hydrogen-bond donors (Lipinski definition) is 1. The Labute approximate surface area is 134 Å². The molecule has 0 amide bonds. The fourth-order valence-electron chi connectivity index (χ4n) is 2.93. The third-order valence-corrected chi connectivity index (χ3v) is 4.40. The standard InChI is InChI=1S/C20H29NO/c1-16(2)11-12-19(20-10-7-15-22-20)13-14-21-17(3)18-8-5-4-6-9-18/h4-10,15-17,19,21H,11-14H2,1-3H3/p+1/t17-,19-/m0/s1. The van der Waals surface area contributed by atoms with Gasteiger partial charge >= 0.3 is 0 Å². The number of hydrogen-bond acceptors (Lipinski definition) is 1. The Hall–Kier alpha value is -1.54. The lowest BCUT2D eigenvalue weighted by Crippen LogP contribution is -2.84. The van der Waals surface area contributed by atoms with E-state index in [9.17, 15) is 0 Å². The molecular formula is C20H30NO+. The molecular weight excluding hydrogens is 270 g/mol. The summed E-state index contributed by atoms with van der Waals surface area (Å²) in [7, 11) is 0. The Kier molecular flexibility index (Phi) is 6.73. The maximum absolute atomic E-state index is 5.66. The highest BCUT2D eigenvalue weighted by molar-refractivity contribution is 5.16. The molecule has 0 fully saturated rings. The maximum Gasteiger partial charge on any atom is 0.109 e. The van der Waals surface area contributed by atoms with Gasteiger partial charge in [-0.2, -0.15) is 0 Å². The number of quaternary nitrogens is 1. The second-order valence-corrected chi connectivity index (χ2v) is 6.70. The Balaban J connectivity index is 1.83. The minimum absolute atomic E-state index is 0.517. The molecule has 0 radical (unpaired) electrons. The highest BCUT2D eigenvalue weighted by Crippen LogP contribution is 2.26. The molecule has 2 rings (SSSR count). The molecule has 2 aromatic rings. The van der Waals surface area contributed by atoms with Crippen LogP contribution in [0.3, 0.4) is 0 Å². The molecule has 0 unspecified atom stereocenters. The summed E-state index contributed by atoms with van der Waals surface area (Å²) in [5.41, 5.74) is 1.40. The van der Waals surface area contributed by atoms with Gasteiger partial charge in [0.2, 0.25) is 0 Å². The van der Waals surface area contributed by atoms with Gasteiger partial charge in [0, 0.05) is 17.9 Å². The first-order chi connectivity index (χ1) is 10.7. The van der Waals surface area contributed by atoms with Gasteiger partial charge in [-0.25, -0.2) is 0 Å². The summed E-state index contributed by atoms with van der Waals surface area (Å²) in [6.07, 6.45) is 5.46. The minimum atomic E-state index is 0.517. The highest BCUT2D eigenvalue weighted by Gasteiger charge is 2.17. The van der Waals surface area contributed by atoms with Crippen LogP contribution in [0, 0.1) is 5.92 Å². The van der Waals surface area contributed by atoms with Crippen LogP contribution in [0.4, 0.5) is 0 Å². The van der Waals surface area contributed by atoms with Crippen LogP contribution in [0.2, 0.25) is 0 Å². The molecule has 2 atom stereocenters. The summed E-state index contributed by atoms with van der Waals surface area (Å²) in [6, 6.07) is 15.4. The number of furan rings is 1. The molecule has 0 aliphatic rings. The lowest BCUT2D eigenvalue weighted by molar-refractivity contribution is -0.693. The fourth-order valence-corrected chi connectivity index (χ4v) is 2.93. The van der Waals surface area contributed by atoms with Crippen LogP contribution in [-0.4, -0.2) is 6.54 Å². The quantitative estimate of drug-likeness (QED) is 0.725. The molecule has 0 saturated heterocycles. The molecule has 0 spiro atoms. The third-order valence-electron chi connectivity index (χ3n) is 4.40. The topological polar surface area (TPSA) is 29.8 Å². The van der Waals surface area contributed by atoms with Crippen LogP contribution in [0.25, 0.3) is 0 Å². The highest BCUT2D eigenvalue weighted by atomic mass is 16.3. The van der Waals surface area contributed by atoms with E-state index in [2.05, 4.69) is 62.5 Å². The second kappa shape index (κ2) is 8.79. The van der Waals surface area contributed by atoms with Crippen LogP contribution < -0.4 is 5.32 Å². The molecule has 0 saturated carbocycles. The van der Waals surface area contributed by atoms with Crippen molar-refractivity contribution in [3.05, 3.63) is 60.1 Å². The van der Waals surface area contributed by atoms with E-state index < -0.39 is 0 Å². The van der Waals surface area contributed by atoms with Gasteiger partial charge in [0.15, 0.2) is 0 Å². The van der Waals surface area contributed by atoms with Gasteiger partial charge in [0.1, 0.15) is 11.8 Å². The van der Waals surface area contributed by atoms with Gasteiger partial charge in [-0.05, 0) is 31.4 Å². The molecule has 0 bridgehead atoms. The molecule has 1 aromatic heterocycles. The molecule has 22 heavy (non-hydrogen) atoms. The van der Waals surface area contributed by atoms with Crippen molar-refractivity contribution in [2.75, 3.05) is 6.54 Å². The average Bonchev–Trinajstić information content (AvgIpc) is 3.05. The van der Waals surface area contributed by atoms with Gasteiger partial charge in [0.25, 0.3) is 0 Å². The van der Waals surface area contributed by atoms with Crippen molar-refractivity contribution in [3.8, 4) is 0 Å². The molecule has 2 nitrogen and oxygen atoms in total. The zero-order valence-electron chi connectivity index (χ0n) is 14.2. The van der Waals surface area contributed by atoms with E-state index >= 15 is 0 Å². The number of nitrogens with two attached hydrogens (primary N) is 1. The summed E-state index contributed by atoms with van der Waals surface area (Å²) >= 11 is 0. The SMILES string of the molecule is CC(C)CC[C@@H](CC[NH2+][C@@H](C)c1ccccc1)c1ccco1. The molecule has 1 aromatic carbocycles. The molecule has 1 heterocycles. The van der Waals surface area contributed by atoms with Gasteiger partial charge in [-0.3, -0.25) is 0 Å². The van der Waals surface area contributed by atoms with Crippen LogP contribution in [0.5, 0.6) is 0 Å². The Morgan fingerprint density at radius 2 is 1.68 bits per heavy atom. The zero-order valence-corrected chi connectivity index (χ0v) is 14.2. The van der Waals surface area contributed by atoms with Crippen molar-refractivity contribution < 1.29 is 9.73 Å². The van der Waals surface area contributed by atoms with E-state index in [1.807, 2.05) is 6.07 Å². The number of benzene rings is 1. The van der Waals surface area contributed by atoms with E-state index in [-0.39, 0.29) is 0 Å². The molecule has 120 valence electrons. The van der Waals surface area contributed by atoms with Crippen LogP contribution in [0.1, 0.15) is 63.3 Å². The van der Waals surface area contributed by atoms with Gasteiger partial charge < -0.3 is 9.73 Å². The molecule has 2 heteroatoms. The maximum atomic E-state index is 5.66. The first-order valence-corrected chi connectivity index (χ1v) is 8.58. The van der Waals surface area contributed by atoms with Crippen LogP contribution in [-0.2, 0) is 0 Å². The van der Waals surface area contributed by atoms with Gasteiger partial charge in [0.05, 0.1) is 12.8 Å². The van der Waals surface area contributed by atoms with Crippen molar-refractivity contribution in [3.63, 3.8) is 0 Å². The van der Waals surface area contributed by atoms with E-state index in [0.29, 0.717) is 12.0 Å². The van der Waals surface area contributed by atoms with E-state index in [1.54, 1.807) is 6.26 Å². The van der Waals surface area contributed by atoms with E-state index in [4.69, 9.17) is 4.42 Å². The van der Waals surface area contributed by atoms with Crippen molar-refractivity contribution >= 4 is 0 Å². The van der Waals surface area contributed by atoms with E-state index in [1.165, 1.54) is 24.8 Å². The second-order valence-electron chi connectivity index (χ2n) is 6.70. The molecule has 0 aliphatic heterocycles. The van der Waals surface area contributed by atoms with Crippen LogP contribution >= 0.6 is 0 Å². The Morgan fingerprint density at radius 1 is 0.909 bits per heavy atom. The lowest BCUT2D eigenvalue weighted by Gasteiger charge is -2.17. The minimum Gasteiger partial charge on any atom is -0.469 e. The first kappa shape index (κ1) is 16.8. The normalized spacial score (nSPS) is 14.2. The summed E-state index contributed by atoms with van der Waals surface area (Å²) in [5.74, 6) is 2.46. The van der Waals surface area contributed by atoms with Crippen molar-refractivity contribution in [1.29, 1.82) is 0 Å². The average molecular weight is 300 g/mol. The number of rotatable bonds is 9. The fraction of sp³-hybridized carbons (Fsp3) is 0.500. The summed E-state index contributed by atoms with van der Waals surface area (Å²) < 4.78 is 5.66. The lowest BCUT2D eigenvalue weighted by atomic mass is 9.93. The molecule has 0 aliphatic carbocycles. The predicted octanol–water partition coefficient (Wildman–Crippen LogP) is 4.51. The van der Waals surface area contributed by atoms with Gasteiger partial charge in [-0.15, -0.1) is 0 Å². The zero-order chi connectivity index (χ0) is 15.8. The van der Waals surface area contributed by atoms with Crippen molar-refractivity contribution in [2.24, 2.45) is 5.92 Å². The predicted molar refractivity (Wildman–Crippen MR) is 91.8 cm³/mol. The Bertz CT molecular complexity index is 504. The van der Waals surface area contributed by atoms with Gasteiger partial charge in [-0.1, -0.05) is 50.6 Å². The largest absolute Gasteiger partial charge is 0.469 e. The van der Waals surface area contributed by atoms with Crippen molar-refractivity contribution in [1.82, 2.24) is 0 Å². The van der Waals surface area contributed by atoms with Crippen LogP contribution in [0.15, 0.2) is 53.1 Å². The monoisotopic (exact) mass is 300 g/mol. The summed E-state index contributed by atoms with van der Waals surface area (Å²) in [4.78, 5) is 0.